The Morgan fingerprint density at radius 3 is 2.92 bits per heavy atom. The Balaban J connectivity index is 1.75. The molecule has 24 heavy (non-hydrogen) atoms. The van der Waals surface area contributed by atoms with Crippen molar-refractivity contribution < 1.29 is 14.3 Å². The highest BCUT2D eigenvalue weighted by Crippen LogP contribution is 2.25. The molecule has 0 spiro atoms. The van der Waals surface area contributed by atoms with E-state index in [2.05, 4.69) is 10.2 Å². The van der Waals surface area contributed by atoms with E-state index in [4.69, 9.17) is 9.47 Å². The van der Waals surface area contributed by atoms with E-state index in [-0.39, 0.29) is 12.0 Å². The summed E-state index contributed by atoms with van der Waals surface area (Å²) in [6, 6.07) is 9.53. The Bertz CT molecular complexity index is 673. The fraction of sp³-hybridized carbons (Fsp3) is 0.471. The van der Waals surface area contributed by atoms with Gasteiger partial charge in [-0.2, -0.15) is 0 Å². The van der Waals surface area contributed by atoms with Gasteiger partial charge in [-0.1, -0.05) is 30.3 Å². The summed E-state index contributed by atoms with van der Waals surface area (Å²) in [6.45, 7) is 4.25. The summed E-state index contributed by atoms with van der Waals surface area (Å²) < 4.78 is 13.2. The number of nitrogens with zero attached hydrogens (tertiary/aromatic N) is 4. The number of hydrogen-bond acceptors (Lipinski definition) is 5. The second-order valence-electron chi connectivity index (χ2n) is 5.65. The molecule has 2 heterocycles. The van der Waals surface area contributed by atoms with Crippen molar-refractivity contribution >= 4 is 5.91 Å². The lowest BCUT2D eigenvalue weighted by molar-refractivity contribution is -0.150. The second-order valence-corrected chi connectivity index (χ2v) is 5.65. The highest BCUT2D eigenvalue weighted by molar-refractivity contribution is 5.82. The molecule has 0 aliphatic carbocycles. The van der Waals surface area contributed by atoms with Gasteiger partial charge in [-0.05, 0) is 12.5 Å². The standard InChI is InChI=1S/C17H22N4O3/c1-3-20-12-18-19-16(20)14-11-21(9-10-24-14)17(22)15(23-2)13-7-5-4-6-8-13/h4-8,12,14-15H,3,9-11H2,1-2H3/t14-,15-/m1/s1. The van der Waals surface area contributed by atoms with Gasteiger partial charge in [-0.25, -0.2) is 0 Å². The van der Waals surface area contributed by atoms with Crippen LogP contribution in [0.4, 0.5) is 0 Å². The van der Waals surface area contributed by atoms with E-state index in [1.165, 1.54) is 0 Å². The lowest BCUT2D eigenvalue weighted by Gasteiger charge is -2.34. The fourth-order valence-electron chi connectivity index (χ4n) is 2.94. The Morgan fingerprint density at radius 1 is 1.42 bits per heavy atom. The molecule has 2 aromatic rings. The predicted octanol–water partition coefficient (Wildman–Crippen LogP) is 1.59. The third kappa shape index (κ3) is 3.32. The monoisotopic (exact) mass is 330 g/mol. The number of ether oxygens (including phenoxy) is 2. The summed E-state index contributed by atoms with van der Waals surface area (Å²) in [6.07, 6.45) is 0.814. The molecule has 7 nitrogen and oxygen atoms in total. The van der Waals surface area contributed by atoms with Gasteiger partial charge in [0.2, 0.25) is 0 Å². The van der Waals surface area contributed by atoms with E-state index in [0.29, 0.717) is 19.7 Å². The van der Waals surface area contributed by atoms with Gasteiger partial charge >= 0.3 is 0 Å². The van der Waals surface area contributed by atoms with Crippen LogP contribution in [0.1, 0.15) is 30.5 Å². The number of aromatic nitrogens is 3. The van der Waals surface area contributed by atoms with Crippen LogP contribution in [0.5, 0.6) is 0 Å². The van der Waals surface area contributed by atoms with Gasteiger partial charge in [0.25, 0.3) is 5.91 Å². The number of benzene rings is 1. The maximum absolute atomic E-state index is 12.9. The van der Waals surface area contributed by atoms with Crippen LogP contribution in [0.15, 0.2) is 36.7 Å². The molecule has 1 aromatic heterocycles. The van der Waals surface area contributed by atoms with Crippen LogP contribution in [0.3, 0.4) is 0 Å². The topological polar surface area (TPSA) is 69.5 Å². The normalized spacial score (nSPS) is 19.2. The van der Waals surface area contributed by atoms with Gasteiger partial charge in [0, 0.05) is 20.2 Å². The minimum absolute atomic E-state index is 0.0560. The molecule has 1 aliphatic rings. The minimum atomic E-state index is -0.603. The lowest BCUT2D eigenvalue weighted by Crippen LogP contribution is -2.45. The number of methoxy groups -OCH3 is 1. The fourth-order valence-corrected chi connectivity index (χ4v) is 2.94. The van der Waals surface area contributed by atoms with Gasteiger partial charge < -0.3 is 18.9 Å². The van der Waals surface area contributed by atoms with Crippen molar-refractivity contribution in [3.8, 4) is 0 Å². The molecule has 0 bridgehead atoms. The molecule has 0 saturated carbocycles. The maximum atomic E-state index is 12.9. The van der Waals surface area contributed by atoms with E-state index in [1.54, 1.807) is 18.3 Å². The quantitative estimate of drug-likeness (QED) is 0.832. The third-order valence-corrected chi connectivity index (χ3v) is 4.21. The van der Waals surface area contributed by atoms with Crippen molar-refractivity contribution in [3.63, 3.8) is 0 Å². The van der Waals surface area contributed by atoms with Crippen molar-refractivity contribution in [1.82, 2.24) is 19.7 Å². The summed E-state index contributed by atoms with van der Waals surface area (Å²) in [5.41, 5.74) is 0.852. The predicted molar refractivity (Wildman–Crippen MR) is 87.2 cm³/mol. The van der Waals surface area contributed by atoms with E-state index in [1.807, 2.05) is 41.8 Å². The number of amides is 1. The molecule has 7 heteroatoms. The van der Waals surface area contributed by atoms with Gasteiger partial charge in [-0.3, -0.25) is 4.79 Å². The Labute approximate surface area is 141 Å². The Kier molecular flexibility index (Phi) is 5.22. The largest absolute Gasteiger partial charge is 0.367 e. The molecule has 128 valence electrons. The molecule has 0 unspecified atom stereocenters. The number of aryl methyl sites for hydroxylation is 1. The van der Waals surface area contributed by atoms with Crippen LogP contribution in [-0.4, -0.2) is 52.4 Å². The summed E-state index contributed by atoms with van der Waals surface area (Å²) in [5, 5.41) is 8.09. The van der Waals surface area contributed by atoms with Crippen molar-refractivity contribution in [1.29, 1.82) is 0 Å². The molecule has 0 radical (unpaired) electrons. The number of hydrogen-bond donors (Lipinski definition) is 0. The van der Waals surface area contributed by atoms with E-state index >= 15 is 0 Å². The molecule has 1 aromatic carbocycles. The second kappa shape index (κ2) is 7.55. The average molecular weight is 330 g/mol. The summed E-state index contributed by atoms with van der Waals surface area (Å²) in [7, 11) is 1.56. The van der Waals surface area contributed by atoms with Crippen LogP contribution in [-0.2, 0) is 20.8 Å². The van der Waals surface area contributed by atoms with E-state index < -0.39 is 6.10 Å². The molecule has 3 rings (SSSR count). The molecule has 1 amide bonds. The summed E-state index contributed by atoms with van der Waals surface area (Å²) in [5.74, 6) is 0.697. The van der Waals surface area contributed by atoms with Crippen LogP contribution in [0.2, 0.25) is 0 Å². The zero-order chi connectivity index (χ0) is 16.9. The zero-order valence-electron chi connectivity index (χ0n) is 14.0. The van der Waals surface area contributed by atoms with E-state index in [9.17, 15) is 4.79 Å². The number of carbonyl (C=O) groups is 1. The first-order valence-corrected chi connectivity index (χ1v) is 8.10. The van der Waals surface area contributed by atoms with Gasteiger partial charge in [0.05, 0.1) is 13.2 Å². The molecular weight excluding hydrogens is 308 g/mol. The zero-order valence-corrected chi connectivity index (χ0v) is 14.0. The summed E-state index contributed by atoms with van der Waals surface area (Å²) in [4.78, 5) is 14.7. The molecule has 0 N–H and O–H groups in total. The first kappa shape index (κ1) is 16.6. The van der Waals surface area contributed by atoms with Crippen LogP contribution >= 0.6 is 0 Å². The number of rotatable bonds is 5. The molecule has 1 aliphatic heterocycles. The van der Waals surface area contributed by atoms with Crippen molar-refractivity contribution in [2.24, 2.45) is 0 Å². The Morgan fingerprint density at radius 2 is 2.21 bits per heavy atom. The maximum Gasteiger partial charge on any atom is 0.256 e. The highest BCUT2D eigenvalue weighted by Gasteiger charge is 2.32. The van der Waals surface area contributed by atoms with Crippen molar-refractivity contribution in [2.45, 2.75) is 25.7 Å². The highest BCUT2D eigenvalue weighted by atomic mass is 16.5. The molecule has 2 atom stereocenters. The Hall–Kier alpha value is -2.25. The molecule has 1 fully saturated rings. The average Bonchev–Trinajstić information content (AvgIpc) is 3.12. The van der Waals surface area contributed by atoms with Gasteiger partial charge in [0.1, 0.15) is 12.4 Å². The van der Waals surface area contributed by atoms with E-state index in [0.717, 1.165) is 17.9 Å². The van der Waals surface area contributed by atoms with Crippen molar-refractivity contribution in [2.75, 3.05) is 26.8 Å². The lowest BCUT2D eigenvalue weighted by atomic mass is 10.1. The van der Waals surface area contributed by atoms with Crippen molar-refractivity contribution in [3.05, 3.63) is 48.0 Å². The first-order valence-electron chi connectivity index (χ1n) is 8.10. The van der Waals surface area contributed by atoms with Crippen LogP contribution in [0, 0.1) is 0 Å². The SMILES string of the molecule is CCn1cnnc1[C@H]1CN(C(=O)[C@H](OC)c2ccccc2)CCO1. The molecule has 1 saturated heterocycles. The van der Waals surface area contributed by atoms with Crippen LogP contribution in [0.25, 0.3) is 0 Å². The van der Waals surface area contributed by atoms with Gasteiger partial charge in [0.15, 0.2) is 11.9 Å². The third-order valence-electron chi connectivity index (χ3n) is 4.21. The van der Waals surface area contributed by atoms with Crippen LogP contribution < -0.4 is 0 Å². The minimum Gasteiger partial charge on any atom is -0.367 e. The molecular formula is C17H22N4O3. The van der Waals surface area contributed by atoms with Gasteiger partial charge in [-0.15, -0.1) is 10.2 Å². The summed E-state index contributed by atoms with van der Waals surface area (Å²) >= 11 is 0. The number of morpholine rings is 1. The smallest absolute Gasteiger partial charge is 0.256 e. The first-order chi connectivity index (χ1) is 11.7. The number of carbonyl (C=O) groups excluding carboxylic acids is 1.